The van der Waals surface area contributed by atoms with Gasteiger partial charge >= 0.3 is 5.97 Å². The van der Waals surface area contributed by atoms with Crippen molar-refractivity contribution >= 4 is 5.97 Å². The van der Waals surface area contributed by atoms with E-state index in [9.17, 15) is 4.79 Å². The molecule has 0 N–H and O–H groups in total. The first kappa shape index (κ1) is 21.0. The Kier molecular flexibility index (Phi) is 8.84. The Morgan fingerprint density at radius 2 is 1.48 bits per heavy atom. The lowest BCUT2D eigenvalue weighted by Crippen LogP contribution is -2.40. The third kappa shape index (κ3) is 7.33. The van der Waals surface area contributed by atoms with Crippen LogP contribution in [0.25, 0.3) is 0 Å². The number of esters is 1. The molecule has 0 aromatic heterocycles. The fraction of sp³-hybridized carbons (Fsp3) is 0.952. The molecular formula is C21H39N3O3. The molecule has 0 atom stereocenters. The Morgan fingerprint density at radius 1 is 0.889 bits per heavy atom. The van der Waals surface area contributed by atoms with Gasteiger partial charge in [-0.3, -0.25) is 9.69 Å². The molecule has 156 valence electrons. The van der Waals surface area contributed by atoms with E-state index in [4.69, 9.17) is 9.47 Å². The molecule has 3 fully saturated rings. The van der Waals surface area contributed by atoms with Gasteiger partial charge < -0.3 is 19.3 Å². The molecule has 0 radical (unpaired) electrons. The molecule has 3 aliphatic heterocycles. The molecule has 0 saturated carbocycles. The molecule has 0 aliphatic carbocycles. The number of morpholine rings is 1. The standard InChI is InChI=1S/C21H39N3O3/c1-22-9-3-19(4-10-22)20-5-11-24(12-6-20)13-7-21(25)27-16-2-8-23-14-17-26-18-15-23/h19-20H,2-18H2,1H3. The third-order valence-electron chi connectivity index (χ3n) is 6.68. The molecule has 27 heavy (non-hydrogen) atoms. The van der Waals surface area contributed by atoms with Gasteiger partial charge in [-0.05, 0) is 77.2 Å². The zero-order chi connectivity index (χ0) is 18.9. The molecule has 0 unspecified atom stereocenters. The van der Waals surface area contributed by atoms with Crippen molar-refractivity contribution in [1.29, 1.82) is 0 Å². The highest BCUT2D eigenvalue weighted by Crippen LogP contribution is 2.32. The summed E-state index contributed by atoms with van der Waals surface area (Å²) in [6.07, 6.45) is 6.83. The SMILES string of the molecule is CN1CCC(C2CCN(CCC(=O)OCCCN3CCOCC3)CC2)CC1. The van der Waals surface area contributed by atoms with Crippen molar-refractivity contribution in [2.75, 3.05) is 79.2 Å². The average Bonchev–Trinajstić information content (AvgIpc) is 2.71. The van der Waals surface area contributed by atoms with Gasteiger partial charge in [0, 0.05) is 26.2 Å². The zero-order valence-electron chi connectivity index (χ0n) is 17.2. The average molecular weight is 382 g/mol. The summed E-state index contributed by atoms with van der Waals surface area (Å²) in [6, 6.07) is 0. The first-order valence-electron chi connectivity index (χ1n) is 11.1. The van der Waals surface area contributed by atoms with Crippen LogP contribution in [0.4, 0.5) is 0 Å². The van der Waals surface area contributed by atoms with Crippen LogP contribution < -0.4 is 0 Å². The van der Waals surface area contributed by atoms with Crippen LogP contribution in [0.2, 0.25) is 0 Å². The molecule has 0 amide bonds. The minimum Gasteiger partial charge on any atom is -0.466 e. The number of rotatable bonds is 8. The fourth-order valence-electron chi connectivity index (χ4n) is 4.77. The number of hydrogen-bond donors (Lipinski definition) is 0. The van der Waals surface area contributed by atoms with Crippen LogP contribution in [0.1, 0.15) is 38.5 Å². The van der Waals surface area contributed by atoms with Crippen molar-refractivity contribution in [3.05, 3.63) is 0 Å². The van der Waals surface area contributed by atoms with Gasteiger partial charge in [0.2, 0.25) is 0 Å². The number of piperidine rings is 2. The Morgan fingerprint density at radius 3 is 2.15 bits per heavy atom. The molecule has 0 aromatic carbocycles. The van der Waals surface area contributed by atoms with Crippen LogP contribution in [-0.2, 0) is 14.3 Å². The molecule has 3 saturated heterocycles. The van der Waals surface area contributed by atoms with Crippen LogP contribution in [0.5, 0.6) is 0 Å². The number of carbonyl (C=O) groups is 1. The molecule has 6 nitrogen and oxygen atoms in total. The Hall–Kier alpha value is -0.690. The van der Waals surface area contributed by atoms with Gasteiger partial charge in [0.25, 0.3) is 0 Å². The fourth-order valence-corrected chi connectivity index (χ4v) is 4.77. The number of likely N-dealkylation sites (tertiary alicyclic amines) is 2. The predicted molar refractivity (Wildman–Crippen MR) is 107 cm³/mol. The van der Waals surface area contributed by atoms with Crippen LogP contribution >= 0.6 is 0 Å². The summed E-state index contributed by atoms with van der Waals surface area (Å²) in [5.74, 6) is 1.80. The Labute approximate surface area is 165 Å². The number of hydrogen-bond acceptors (Lipinski definition) is 6. The second-order valence-electron chi connectivity index (χ2n) is 8.60. The van der Waals surface area contributed by atoms with Crippen LogP contribution in [-0.4, -0.2) is 99.9 Å². The molecule has 3 rings (SSSR count). The molecule has 3 aliphatic rings. The molecule has 0 aromatic rings. The van der Waals surface area contributed by atoms with E-state index in [1.807, 2.05) is 0 Å². The summed E-state index contributed by atoms with van der Waals surface area (Å²) >= 11 is 0. The summed E-state index contributed by atoms with van der Waals surface area (Å²) in [7, 11) is 2.24. The quantitative estimate of drug-likeness (QED) is 0.471. The van der Waals surface area contributed by atoms with E-state index in [0.717, 1.165) is 70.7 Å². The van der Waals surface area contributed by atoms with E-state index < -0.39 is 0 Å². The minimum atomic E-state index is -0.0329. The maximum Gasteiger partial charge on any atom is 0.307 e. The van der Waals surface area contributed by atoms with Crippen LogP contribution in [0.15, 0.2) is 0 Å². The second-order valence-corrected chi connectivity index (χ2v) is 8.60. The summed E-state index contributed by atoms with van der Waals surface area (Å²) in [4.78, 5) is 19.3. The molecule has 0 bridgehead atoms. The van der Waals surface area contributed by atoms with E-state index in [-0.39, 0.29) is 5.97 Å². The van der Waals surface area contributed by atoms with Gasteiger partial charge in [-0.15, -0.1) is 0 Å². The van der Waals surface area contributed by atoms with E-state index in [1.54, 1.807) is 0 Å². The van der Waals surface area contributed by atoms with E-state index in [0.29, 0.717) is 13.0 Å². The van der Waals surface area contributed by atoms with E-state index in [2.05, 4.69) is 21.7 Å². The van der Waals surface area contributed by atoms with Crippen molar-refractivity contribution < 1.29 is 14.3 Å². The highest BCUT2D eigenvalue weighted by Gasteiger charge is 2.28. The summed E-state index contributed by atoms with van der Waals surface area (Å²) in [5.41, 5.74) is 0. The number of ether oxygens (including phenoxy) is 2. The smallest absolute Gasteiger partial charge is 0.307 e. The highest BCUT2D eigenvalue weighted by atomic mass is 16.5. The topological polar surface area (TPSA) is 45.2 Å². The van der Waals surface area contributed by atoms with Gasteiger partial charge in [0.1, 0.15) is 0 Å². The van der Waals surface area contributed by atoms with Crippen molar-refractivity contribution in [3.63, 3.8) is 0 Å². The number of carbonyl (C=O) groups excluding carboxylic acids is 1. The molecule has 3 heterocycles. The zero-order valence-corrected chi connectivity index (χ0v) is 17.2. The molecule has 0 spiro atoms. The Bertz CT molecular complexity index is 426. The lowest BCUT2D eigenvalue weighted by atomic mass is 9.79. The maximum atomic E-state index is 12.0. The normalized spacial score (nSPS) is 24.9. The first-order chi connectivity index (χ1) is 13.2. The largest absolute Gasteiger partial charge is 0.466 e. The van der Waals surface area contributed by atoms with Crippen LogP contribution in [0.3, 0.4) is 0 Å². The first-order valence-corrected chi connectivity index (χ1v) is 11.1. The summed E-state index contributed by atoms with van der Waals surface area (Å²) in [5, 5.41) is 0. The van der Waals surface area contributed by atoms with Gasteiger partial charge in [0.05, 0.1) is 26.2 Å². The maximum absolute atomic E-state index is 12.0. The van der Waals surface area contributed by atoms with Crippen molar-refractivity contribution in [1.82, 2.24) is 14.7 Å². The van der Waals surface area contributed by atoms with Gasteiger partial charge in [-0.25, -0.2) is 0 Å². The second kappa shape index (κ2) is 11.3. The van der Waals surface area contributed by atoms with Crippen molar-refractivity contribution in [3.8, 4) is 0 Å². The van der Waals surface area contributed by atoms with E-state index >= 15 is 0 Å². The molecular weight excluding hydrogens is 342 g/mol. The van der Waals surface area contributed by atoms with E-state index in [1.165, 1.54) is 38.8 Å². The van der Waals surface area contributed by atoms with Gasteiger partial charge in [-0.1, -0.05) is 0 Å². The van der Waals surface area contributed by atoms with Crippen LogP contribution in [0, 0.1) is 11.8 Å². The summed E-state index contributed by atoms with van der Waals surface area (Å²) in [6.45, 7) is 10.9. The lowest BCUT2D eigenvalue weighted by Gasteiger charge is -2.39. The predicted octanol–water partition coefficient (Wildman–Crippen LogP) is 1.70. The minimum absolute atomic E-state index is 0.0329. The molecule has 6 heteroatoms. The van der Waals surface area contributed by atoms with Gasteiger partial charge in [-0.2, -0.15) is 0 Å². The van der Waals surface area contributed by atoms with Crippen molar-refractivity contribution in [2.24, 2.45) is 11.8 Å². The van der Waals surface area contributed by atoms with Crippen molar-refractivity contribution in [2.45, 2.75) is 38.5 Å². The Balaban J connectivity index is 1.20. The lowest BCUT2D eigenvalue weighted by molar-refractivity contribution is -0.144. The monoisotopic (exact) mass is 381 g/mol. The highest BCUT2D eigenvalue weighted by molar-refractivity contribution is 5.69. The number of nitrogens with zero attached hydrogens (tertiary/aromatic N) is 3. The third-order valence-corrected chi connectivity index (χ3v) is 6.68. The summed E-state index contributed by atoms with van der Waals surface area (Å²) < 4.78 is 10.8. The van der Waals surface area contributed by atoms with Gasteiger partial charge in [0.15, 0.2) is 0 Å².